The maximum Gasteiger partial charge on any atom is 0.330 e. The third kappa shape index (κ3) is 3.58. The molecule has 0 saturated carbocycles. The van der Waals surface area contributed by atoms with Gasteiger partial charge in [-0.2, -0.15) is 0 Å². The third-order valence-electron chi connectivity index (χ3n) is 4.24. The van der Waals surface area contributed by atoms with Crippen molar-refractivity contribution in [3.63, 3.8) is 0 Å². The van der Waals surface area contributed by atoms with Gasteiger partial charge >= 0.3 is 5.69 Å². The first-order valence-electron chi connectivity index (χ1n) is 8.05. The van der Waals surface area contributed by atoms with Gasteiger partial charge in [0.1, 0.15) is 18.1 Å². The second kappa shape index (κ2) is 7.22. The minimum atomic E-state index is -0.931. The molecule has 138 valence electrons. The fourth-order valence-electron chi connectivity index (χ4n) is 2.80. The highest BCUT2D eigenvalue weighted by Crippen LogP contribution is 2.27. The molecule has 8 nitrogen and oxygen atoms in total. The van der Waals surface area contributed by atoms with Crippen LogP contribution >= 0.6 is 0 Å². The van der Waals surface area contributed by atoms with Gasteiger partial charge in [0.15, 0.2) is 0 Å². The Bertz CT molecular complexity index is 938. The summed E-state index contributed by atoms with van der Waals surface area (Å²) in [5.74, 6) is -1.27. The Morgan fingerprint density at radius 1 is 1.42 bits per heavy atom. The lowest BCUT2D eigenvalue weighted by Gasteiger charge is -2.17. The van der Waals surface area contributed by atoms with Gasteiger partial charge in [-0.3, -0.25) is 19.1 Å². The number of amides is 1. The van der Waals surface area contributed by atoms with E-state index in [1.165, 1.54) is 29.0 Å². The second-order valence-electron chi connectivity index (χ2n) is 6.10. The number of hydrogen-bond acceptors (Lipinski definition) is 5. The van der Waals surface area contributed by atoms with Gasteiger partial charge in [0.25, 0.3) is 11.5 Å². The van der Waals surface area contributed by atoms with Crippen molar-refractivity contribution in [2.45, 2.75) is 31.8 Å². The van der Waals surface area contributed by atoms with Gasteiger partial charge in [-0.1, -0.05) is 12.1 Å². The molecule has 1 fully saturated rings. The molecule has 1 aromatic heterocycles. The number of benzene rings is 1. The molecule has 0 aliphatic carbocycles. The van der Waals surface area contributed by atoms with Crippen LogP contribution < -0.4 is 16.6 Å². The van der Waals surface area contributed by atoms with Crippen LogP contribution in [0.15, 0.2) is 40.1 Å². The molecular formula is C17H18FN3O5. The topological polar surface area (TPSA) is 113 Å². The summed E-state index contributed by atoms with van der Waals surface area (Å²) in [5, 5.41) is 12.6. The van der Waals surface area contributed by atoms with E-state index in [9.17, 15) is 23.9 Å². The first-order valence-corrected chi connectivity index (χ1v) is 8.05. The van der Waals surface area contributed by atoms with Crippen molar-refractivity contribution < 1.29 is 19.0 Å². The lowest BCUT2D eigenvalue weighted by molar-refractivity contribution is -0.0187. The molecule has 1 aliphatic rings. The predicted molar refractivity (Wildman–Crippen MR) is 89.3 cm³/mol. The first kappa shape index (κ1) is 18.0. The van der Waals surface area contributed by atoms with Gasteiger partial charge in [0, 0.05) is 24.7 Å². The van der Waals surface area contributed by atoms with Crippen molar-refractivity contribution in [2.24, 2.45) is 0 Å². The monoisotopic (exact) mass is 363 g/mol. The van der Waals surface area contributed by atoms with Crippen molar-refractivity contribution in [2.75, 3.05) is 6.54 Å². The van der Waals surface area contributed by atoms with Crippen molar-refractivity contribution >= 4 is 5.91 Å². The van der Waals surface area contributed by atoms with Crippen molar-refractivity contribution in [1.29, 1.82) is 0 Å². The molecule has 1 aromatic carbocycles. The molecule has 0 spiro atoms. The zero-order valence-corrected chi connectivity index (χ0v) is 13.9. The first-order chi connectivity index (χ1) is 12.4. The number of hydrogen-bond donors (Lipinski definition) is 3. The number of rotatable bonds is 4. The van der Waals surface area contributed by atoms with Crippen LogP contribution in [0.25, 0.3) is 0 Å². The van der Waals surface area contributed by atoms with Crippen LogP contribution in [0.5, 0.6) is 0 Å². The highest BCUT2D eigenvalue weighted by Gasteiger charge is 2.35. The van der Waals surface area contributed by atoms with Crippen LogP contribution in [-0.2, 0) is 4.74 Å². The fraction of sp³-hybridized carbons (Fsp3) is 0.353. The number of aromatic amines is 1. The highest BCUT2D eigenvalue weighted by atomic mass is 19.1. The average Bonchev–Trinajstić information content (AvgIpc) is 2.97. The van der Waals surface area contributed by atoms with Gasteiger partial charge in [-0.05, 0) is 19.1 Å². The van der Waals surface area contributed by atoms with E-state index in [4.69, 9.17) is 4.74 Å². The minimum Gasteiger partial charge on any atom is -0.390 e. The maximum absolute atomic E-state index is 13.6. The van der Waals surface area contributed by atoms with Crippen LogP contribution in [-0.4, -0.2) is 39.3 Å². The third-order valence-corrected chi connectivity index (χ3v) is 4.24. The highest BCUT2D eigenvalue weighted by molar-refractivity contribution is 5.94. The number of aryl methyl sites for hydroxylation is 1. The Labute approximate surface area is 147 Å². The Morgan fingerprint density at radius 3 is 2.88 bits per heavy atom. The summed E-state index contributed by atoms with van der Waals surface area (Å²) in [4.78, 5) is 37.6. The van der Waals surface area contributed by atoms with Gasteiger partial charge < -0.3 is 15.2 Å². The zero-order valence-electron chi connectivity index (χ0n) is 13.9. The summed E-state index contributed by atoms with van der Waals surface area (Å²) in [7, 11) is 0. The molecular weight excluding hydrogens is 345 g/mol. The molecule has 0 radical (unpaired) electrons. The molecule has 3 atom stereocenters. The molecule has 1 aliphatic heterocycles. The van der Waals surface area contributed by atoms with Crippen molar-refractivity contribution in [3.05, 3.63) is 68.2 Å². The van der Waals surface area contributed by atoms with E-state index in [0.29, 0.717) is 5.56 Å². The number of nitrogens with zero attached hydrogens (tertiary/aromatic N) is 1. The standard InChI is InChI=1S/C17H18FN3O5/c1-9-8-21(17(25)20-15(9)23)14-6-12(22)13(26-14)7-19-16(24)10-4-2-3-5-11(10)18/h2-5,8,12-14,22H,6-7H2,1H3,(H,19,24)(H,20,23,25)/t12-,13+,14+/m0/s1. The predicted octanol–water partition coefficient (Wildman–Crippen LogP) is 0.0625. The lowest BCUT2D eigenvalue weighted by Crippen LogP contribution is -2.37. The summed E-state index contributed by atoms with van der Waals surface area (Å²) < 4.78 is 20.4. The molecule has 3 N–H and O–H groups in total. The SMILES string of the molecule is Cc1cn([C@H]2C[C@H](O)[C@@H](CNC(=O)c3ccccc3F)O2)c(=O)[nH]c1=O. The number of aromatic nitrogens is 2. The molecule has 2 aromatic rings. The summed E-state index contributed by atoms with van der Waals surface area (Å²) in [5.41, 5.74) is -0.907. The van der Waals surface area contributed by atoms with Crippen LogP contribution in [0, 0.1) is 12.7 Å². The lowest BCUT2D eigenvalue weighted by atomic mass is 10.1. The Morgan fingerprint density at radius 2 is 2.15 bits per heavy atom. The van der Waals surface area contributed by atoms with E-state index >= 15 is 0 Å². The molecule has 3 rings (SSSR count). The number of halogens is 1. The van der Waals surface area contributed by atoms with Crippen molar-refractivity contribution in [1.82, 2.24) is 14.9 Å². The number of ether oxygens (including phenoxy) is 1. The van der Waals surface area contributed by atoms with Crippen molar-refractivity contribution in [3.8, 4) is 0 Å². The smallest absolute Gasteiger partial charge is 0.330 e. The van der Waals surface area contributed by atoms with E-state index in [2.05, 4.69) is 10.3 Å². The summed E-state index contributed by atoms with van der Waals surface area (Å²) in [6.45, 7) is 1.49. The van der Waals surface area contributed by atoms with E-state index < -0.39 is 41.4 Å². The minimum absolute atomic E-state index is 0.0537. The zero-order chi connectivity index (χ0) is 18.8. The number of carbonyl (C=O) groups is 1. The van der Waals surface area contributed by atoms with Crippen LogP contribution in [0.4, 0.5) is 4.39 Å². The summed E-state index contributed by atoms with van der Waals surface area (Å²) in [6.07, 6.45) is -0.997. The molecule has 1 saturated heterocycles. The van der Waals surface area contributed by atoms with Gasteiger partial charge in [0.2, 0.25) is 0 Å². The normalized spacial score (nSPS) is 22.3. The maximum atomic E-state index is 13.6. The van der Waals surface area contributed by atoms with Gasteiger partial charge in [-0.25, -0.2) is 9.18 Å². The van der Waals surface area contributed by atoms with Gasteiger partial charge in [0.05, 0.1) is 11.7 Å². The van der Waals surface area contributed by atoms with Gasteiger partial charge in [-0.15, -0.1) is 0 Å². The van der Waals surface area contributed by atoms with E-state index in [0.717, 1.165) is 0 Å². The quantitative estimate of drug-likeness (QED) is 0.711. The largest absolute Gasteiger partial charge is 0.390 e. The number of carbonyl (C=O) groups excluding carboxylic acids is 1. The molecule has 1 amide bonds. The van der Waals surface area contributed by atoms with Crippen LogP contribution in [0.3, 0.4) is 0 Å². The molecule has 0 unspecified atom stereocenters. The molecule has 2 heterocycles. The van der Waals surface area contributed by atoms with Crippen LogP contribution in [0.1, 0.15) is 28.6 Å². The fourth-order valence-corrected chi connectivity index (χ4v) is 2.80. The number of aliphatic hydroxyl groups excluding tert-OH is 1. The Kier molecular flexibility index (Phi) is 5.01. The van der Waals surface area contributed by atoms with Crippen LogP contribution in [0.2, 0.25) is 0 Å². The Balaban J connectivity index is 1.67. The summed E-state index contributed by atoms with van der Waals surface area (Å²) >= 11 is 0. The average molecular weight is 363 g/mol. The summed E-state index contributed by atoms with van der Waals surface area (Å²) in [6, 6.07) is 5.54. The molecule has 26 heavy (non-hydrogen) atoms. The van der Waals surface area contributed by atoms with E-state index in [1.807, 2.05) is 0 Å². The number of aliphatic hydroxyl groups is 1. The molecule has 9 heteroatoms. The molecule has 0 bridgehead atoms. The van der Waals surface area contributed by atoms with E-state index in [1.54, 1.807) is 13.0 Å². The van der Waals surface area contributed by atoms with E-state index in [-0.39, 0.29) is 18.5 Å². The second-order valence-corrected chi connectivity index (χ2v) is 6.10. The number of H-pyrrole nitrogens is 1. The Hall–Kier alpha value is -2.78. The number of nitrogens with one attached hydrogen (secondary N) is 2.